The highest BCUT2D eigenvalue weighted by Gasteiger charge is 2.33. The quantitative estimate of drug-likeness (QED) is 0.178. The fourth-order valence-corrected chi connectivity index (χ4v) is 6.21. The number of fused-ring (bicyclic) bond motifs is 2. The Hall–Kier alpha value is -5.24. The molecule has 1 aliphatic heterocycles. The van der Waals surface area contributed by atoms with Crippen molar-refractivity contribution in [2.75, 3.05) is 39.6 Å². The van der Waals surface area contributed by atoms with Crippen molar-refractivity contribution in [1.29, 1.82) is 0 Å². The van der Waals surface area contributed by atoms with Crippen molar-refractivity contribution >= 4 is 56.3 Å². The number of carbonyl (C=O) groups is 1. The van der Waals surface area contributed by atoms with E-state index in [1.54, 1.807) is 37.5 Å². The van der Waals surface area contributed by atoms with E-state index in [9.17, 15) is 17.6 Å². The molecule has 0 bridgehead atoms. The van der Waals surface area contributed by atoms with Gasteiger partial charge in [-0.05, 0) is 54.4 Å². The topological polar surface area (TPSA) is 171 Å². The fraction of sp³-hybridized carbons (Fsp3) is 0.143. The Bertz CT molecular complexity index is 1830. The number of aromatic nitrogens is 4. The van der Waals surface area contributed by atoms with Crippen LogP contribution in [0.3, 0.4) is 0 Å². The molecule has 42 heavy (non-hydrogen) atoms. The van der Waals surface area contributed by atoms with Gasteiger partial charge >= 0.3 is 0 Å². The summed E-state index contributed by atoms with van der Waals surface area (Å²) in [6.07, 6.45) is 2.75. The van der Waals surface area contributed by atoms with Gasteiger partial charge in [0.15, 0.2) is 5.65 Å². The monoisotopic (exact) mass is 589 g/mol. The maximum absolute atomic E-state index is 13.7. The molecule has 0 saturated carbocycles. The molecule has 2 aromatic heterocycles. The Morgan fingerprint density at radius 2 is 1.83 bits per heavy atom. The van der Waals surface area contributed by atoms with Gasteiger partial charge in [0, 0.05) is 18.4 Å². The van der Waals surface area contributed by atoms with E-state index in [0.717, 1.165) is 11.3 Å². The number of anilines is 5. The van der Waals surface area contributed by atoms with Gasteiger partial charge < -0.3 is 21.7 Å². The van der Waals surface area contributed by atoms with Crippen LogP contribution in [0.2, 0.25) is 0 Å². The van der Waals surface area contributed by atoms with Crippen molar-refractivity contribution < 1.29 is 17.6 Å². The van der Waals surface area contributed by atoms with E-state index in [0.29, 0.717) is 41.1 Å². The summed E-state index contributed by atoms with van der Waals surface area (Å²) in [5, 5.41) is 16.2. The number of rotatable bonds is 7. The minimum absolute atomic E-state index is 0.105. The molecule has 0 fully saturated rings. The van der Waals surface area contributed by atoms with Crippen LogP contribution in [-0.2, 0) is 21.2 Å². The second-order valence-corrected chi connectivity index (χ2v) is 11.2. The summed E-state index contributed by atoms with van der Waals surface area (Å²) in [5.41, 5.74) is 9.16. The highest BCUT2D eigenvalue weighted by molar-refractivity contribution is 7.92. The number of nitrogens with one attached hydrogen (secondary N) is 4. The molecule has 6 N–H and O–H groups in total. The second-order valence-electron chi connectivity index (χ2n) is 9.32. The molecule has 3 heterocycles. The normalized spacial score (nSPS) is 14.3. The van der Waals surface area contributed by atoms with Crippen LogP contribution in [0.1, 0.15) is 5.56 Å². The molecule has 1 atom stereocenters. The summed E-state index contributed by atoms with van der Waals surface area (Å²) >= 11 is 0. The first-order valence-corrected chi connectivity index (χ1v) is 14.3. The molecule has 5 aromatic rings. The molecule has 14 heteroatoms. The zero-order valence-electron chi connectivity index (χ0n) is 22.5. The summed E-state index contributed by atoms with van der Waals surface area (Å²) in [4.78, 5) is 18.5. The number of sulfonamides is 1. The van der Waals surface area contributed by atoms with Crippen LogP contribution in [-0.4, -0.2) is 54.6 Å². The number of amides is 1. The summed E-state index contributed by atoms with van der Waals surface area (Å²) in [5.74, 6) is 0.265. The predicted octanol–water partition coefficient (Wildman–Crippen LogP) is 3.60. The number of benzene rings is 3. The first-order valence-electron chi connectivity index (χ1n) is 12.9. The molecule has 0 radical (unpaired) electrons. The average molecular weight is 590 g/mol. The van der Waals surface area contributed by atoms with Crippen molar-refractivity contribution in [3.05, 3.63) is 90.4 Å². The van der Waals surface area contributed by atoms with Crippen LogP contribution in [0, 0.1) is 5.82 Å². The van der Waals surface area contributed by atoms with Crippen LogP contribution < -0.4 is 26.0 Å². The molecule has 0 saturated heterocycles. The van der Waals surface area contributed by atoms with Crippen LogP contribution in [0.15, 0.2) is 83.9 Å². The number of nitrogen functional groups attached to an aromatic ring is 1. The van der Waals surface area contributed by atoms with E-state index in [4.69, 9.17) is 5.73 Å². The molecule has 0 aliphatic carbocycles. The number of nitrogens with two attached hydrogens (primary N) is 1. The molecule has 3 aromatic carbocycles. The lowest BCUT2D eigenvalue weighted by Crippen LogP contribution is -2.45. The van der Waals surface area contributed by atoms with Gasteiger partial charge in [-0.3, -0.25) is 14.2 Å². The molecule has 1 amide bonds. The number of hydrogen-bond donors (Lipinski definition) is 5. The van der Waals surface area contributed by atoms with E-state index in [2.05, 4.69) is 36.1 Å². The molecule has 12 nitrogen and oxygen atoms in total. The lowest BCUT2D eigenvalue weighted by Gasteiger charge is -2.36. The van der Waals surface area contributed by atoms with Crippen LogP contribution in [0.25, 0.3) is 11.0 Å². The van der Waals surface area contributed by atoms with Crippen molar-refractivity contribution in [1.82, 2.24) is 20.2 Å². The van der Waals surface area contributed by atoms with Gasteiger partial charge in [-0.15, -0.1) is 0 Å². The number of aromatic amines is 1. The summed E-state index contributed by atoms with van der Waals surface area (Å²) in [7, 11) is -2.04. The fourth-order valence-electron chi connectivity index (χ4n) is 4.62. The minimum Gasteiger partial charge on any atom is -0.388 e. The molecule has 216 valence electrons. The molecular weight excluding hydrogens is 561 g/mol. The number of halogens is 1. The molecule has 6 rings (SSSR count). The lowest BCUT2D eigenvalue weighted by atomic mass is 9.99. The van der Waals surface area contributed by atoms with Crippen LogP contribution in [0.5, 0.6) is 0 Å². The highest BCUT2D eigenvalue weighted by atomic mass is 32.2. The lowest BCUT2D eigenvalue weighted by molar-refractivity contribution is -0.105. The second kappa shape index (κ2) is 12.1. The van der Waals surface area contributed by atoms with Gasteiger partial charge in [0.25, 0.3) is 10.0 Å². The average Bonchev–Trinajstić information content (AvgIpc) is 3.46. The van der Waals surface area contributed by atoms with Gasteiger partial charge in [-0.1, -0.05) is 30.3 Å². The van der Waals surface area contributed by atoms with Crippen molar-refractivity contribution in [2.45, 2.75) is 17.4 Å². The number of hydrogen-bond acceptors (Lipinski definition) is 9. The molecule has 1 unspecified atom stereocenters. The SMILES string of the molecule is CNc1cccc(S(=O)(=O)N2CC(Nc3nc(N)nc4[nH]ncc34)Cc3ccccc32)c1.O=CNc1cccc(F)c1. The molecule has 0 spiro atoms. The van der Waals surface area contributed by atoms with Crippen molar-refractivity contribution in [3.63, 3.8) is 0 Å². The zero-order valence-corrected chi connectivity index (χ0v) is 23.3. The maximum Gasteiger partial charge on any atom is 0.264 e. The number of para-hydroxylation sites is 1. The van der Waals surface area contributed by atoms with Gasteiger partial charge in [0.05, 0.1) is 34.8 Å². The van der Waals surface area contributed by atoms with E-state index < -0.39 is 10.0 Å². The zero-order chi connectivity index (χ0) is 29.7. The van der Waals surface area contributed by atoms with E-state index in [-0.39, 0.29) is 29.2 Å². The largest absolute Gasteiger partial charge is 0.388 e. The van der Waals surface area contributed by atoms with Crippen LogP contribution >= 0.6 is 0 Å². The Morgan fingerprint density at radius 3 is 2.62 bits per heavy atom. The third-order valence-corrected chi connectivity index (χ3v) is 8.32. The molecular formula is C28H28FN9O3S. The van der Waals surface area contributed by atoms with Crippen LogP contribution in [0.4, 0.5) is 33.2 Å². The van der Waals surface area contributed by atoms with E-state index in [1.165, 1.54) is 22.5 Å². The van der Waals surface area contributed by atoms with Gasteiger partial charge in [0.1, 0.15) is 11.6 Å². The number of nitrogens with zero attached hydrogens (tertiary/aromatic N) is 4. The van der Waals surface area contributed by atoms with Gasteiger partial charge in [-0.2, -0.15) is 15.1 Å². The minimum atomic E-state index is -3.80. The van der Waals surface area contributed by atoms with Gasteiger partial charge in [-0.25, -0.2) is 12.8 Å². The number of H-pyrrole nitrogens is 1. The maximum atomic E-state index is 13.7. The standard InChI is InChI=1S/C21H22N8O2S.C7H6FNO/c1-23-14-6-4-7-16(10-14)32(30,31)29-12-15(9-13-5-2-3-8-18(13)29)25-19-17-11-24-28-20(17)27-21(22)26-19;8-6-2-1-3-7(4-6)9-5-10/h2-8,10-11,15,23H,9,12H2,1H3,(H4,22,24,25,26,27,28);1-5H,(H,9,10). The van der Waals surface area contributed by atoms with E-state index in [1.807, 2.05) is 30.3 Å². The highest BCUT2D eigenvalue weighted by Crippen LogP contribution is 2.34. The predicted molar refractivity (Wildman–Crippen MR) is 160 cm³/mol. The Labute approximate surface area is 241 Å². The van der Waals surface area contributed by atoms with E-state index >= 15 is 0 Å². The third kappa shape index (κ3) is 6.07. The smallest absolute Gasteiger partial charge is 0.264 e. The summed E-state index contributed by atoms with van der Waals surface area (Å²) in [6.45, 7) is 0.229. The Morgan fingerprint density at radius 1 is 1.05 bits per heavy atom. The summed E-state index contributed by atoms with van der Waals surface area (Å²) in [6, 6.07) is 19.8. The third-order valence-electron chi connectivity index (χ3n) is 6.54. The first kappa shape index (κ1) is 28.3. The van der Waals surface area contributed by atoms with Crippen molar-refractivity contribution in [3.8, 4) is 0 Å². The molecule has 1 aliphatic rings. The first-order chi connectivity index (χ1) is 20.3. The van der Waals surface area contributed by atoms with Gasteiger partial charge in [0.2, 0.25) is 12.4 Å². The summed E-state index contributed by atoms with van der Waals surface area (Å²) < 4.78 is 41.1. The van der Waals surface area contributed by atoms with Crippen molar-refractivity contribution in [2.24, 2.45) is 0 Å². The number of carbonyl (C=O) groups excluding carboxylic acids is 1. The Balaban J connectivity index is 0.000000300. The Kier molecular flexibility index (Phi) is 8.15.